The molecule has 1 atom stereocenters. The average molecular weight is 432 g/mol. The Morgan fingerprint density at radius 1 is 1.17 bits per heavy atom. The van der Waals surface area contributed by atoms with Crippen LogP contribution in [0.3, 0.4) is 0 Å². The standard InChI is InChI=1S/C21H25N3O5S/c1-15(17-4-5-19-20(13-17)29-12-11-28-19)23-21(25)16-6-9-24(10-7-16)30(26,27)18-3-2-8-22-14-18/h2-5,8,13-16H,6-7,9-12H2,1H3,(H,23,25). The van der Waals surface area contributed by atoms with Gasteiger partial charge in [-0.2, -0.15) is 4.31 Å². The van der Waals surface area contributed by atoms with Crippen LogP contribution in [0.5, 0.6) is 11.5 Å². The van der Waals surface area contributed by atoms with Crippen LogP contribution >= 0.6 is 0 Å². The molecule has 0 radical (unpaired) electrons. The number of carbonyl (C=O) groups is 1. The van der Waals surface area contributed by atoms with Crippen molar-refractivity contribution in [3.63, 3.8) is 0 Å². The Hall–Kier alpha value is -2.65. The second kappa shape index (κ2) is 8.61. The summed E-state index contributed by atoms with van der Waals surface area (Å²) >= 11 is 0. The number of benzene rings is 1. The minimum atomic E-state index is -3.57. The summed E-state index contributed by atoms with van der Waals surface area (Å²) in [5.74, 6) is 1.13. The van der Waals surface area contributed by atoms with Crippen LogP contribution in [0.1, 0.15) is 31.4 Å². The molecule has 2 aromatic rings. The van der Waals surface area contributed by atoms with Crippen molar-refractivity contribution in [2.75, 3.05) is 26.3 Å². The van der Waals surface area contributed by atoms with Crippen LogP contribution in [0.2, 0.25) is 0 Å². The van der Waals surface area contributed by atoms with Crippen molar-refractivity contribution in [2.24, 2.45) is 5.92 Å². The van der Waals surface area contributed by atoms with Crippen molar-refractivity contribution in [2.45, 2.75) is 30.7 Å². The fourth-order valence-electron chi connectivity index (χ4n) is 3.75. The maximum Gasteiger partial charge on any atom is 0.244 e. The molecule has 1 aromatic heterocycles. The summed E-state index contributed by atoms with van der Waals surface area (Å²) in [5.41, 5.74) is 0.934. The SMILES string of the molecule is CC(NC(=O)C1CCN(S(=O)(=O)c2cccnc2)CC1)c1ccc2c(c1)OCCO2. The molecule has 8 nitrogen and oxygen atoms in total. The van der Waals surface area contributed by atoms with Crippen LogP contribution in [0.25, 0.3) is 0 Å². The van der Waals surface area contributed by atoms with Crippen LogP contribution in [-0.2, 0) is 14.8 Å². The molecule has 3 heterocycles. The maximum absolute atomic E-state index is 12.8. The molecule has 30 heavy (non-hydrogen) atoms. The van der Waals surface area contributed by atoms with Crippen molar-refractivity contribution in [1.82, 2.24) is 14.6 Å². The van der Waals surface area contributed by atoms with Crippen LogP contribution in [0.4, 0.5) is 0 Å². The first-order chi connectivity index (χ1) is 14.4. The van der Waals surface area contributed by atoms with Gasteiger partial charge in [-0.25, -0.2) is 8.42 Å². The molecule has 1 amide bonds. The van der Waals surface area contributed by atoms with Gasteiger partial charge in [-0.1, -0.05) is 6.07 Å². The Bertz CT molecular complexity index is 1000. The fraction of sp³-hybridized carbons (Fsp3) is 0.429. The molecule has 4 rings (SSSR count). The number of rotatable bonds is 5. The predicted molar refractivity (Wildman–Crippen MR) is 110 cm³/mol. The summed E-state index contributed by atoms with van der Waals surface area (Å²) < 4.78 is 38.0. The highest BCUT2D eigenvalue weighted by Crippen LogP contribution is 2.33. The molecule has 9 heteroatoms. The summed E-state index contributed by atoms with van der Waals surface area (Å²) in [6.45, 7) is 3.60. The van der Waals surface area contributed by atoms with E-state index in [1.807, 2.05) is 25.1 Å². The van der Waals surface area contributed by atoms with Gasteiger partial charge in [-0.15, -0.1) is 0 Å². The summed E-state index contributed by atoms with van der Waals surface area (Å²) in [6, 6.07) is 8.62. The van der Waals surface area contributed by atoms with E-state index in [-0.39, 0.29) is 22.8 Å². The molecule has 0 saturated carbocycles. The third-order valence-electron chi connectivity index (χ3n) is 5.52. The number of ether oxygens (including phenoxy) is 2. The van der Waals surface area contributed by atoms with Gasteiger partial charge in [0.15, 0.2) is 11.5 Å². The molecule has 2 aliphatic rings. The summed E-state index contributed by atoms with van der Waals surface area (Å²) in [7, 11) is -3.57. The number of hydrogen-bond acceptors (Lipinski definition) is 6. The first-order valence-electron chi connectivity index (χ1n) is 10.1. The van der Waals surface area contributed by atoms with E-state index in [9.17, 15) is 13.2 Å². The van der Waals surface area contributed by atoms with Gasteiger partial charge in [-0.3, -0.25) is 9.78 Å². The number of pyridine rings is 1. The molecule has 1 aromatic carbocycles. The van der Waals surface area contributed by atoms with Crippen molar-refractivity contribution < 1.29 is 22.7 Å². The van der Waals surface area contributed by atoms with E-state index >= 15 is 0 Å². The first-order valence-corrected chi connectivity index (χ1v) is 11.5. The highest BCUT2D eigenvalue weighted by atomic mass is 32.2. The Kier molecular flexibility index (Phi) is 5.92. The minimum absolute atomic E-state index is 0.0594. The molecule has 0 bridgehead atoms. The largest absolute Gasteiger partial charge is 0.486 e. The number of nitrogens with zero attached hydrogens (tertiary/aromatic N) is 2. The van der Waals surface area contributed by atoms with E-state index < -0.39 is 10.0 Å². The summed E-state index contributed by atoms with van der Waals surface area (Å²) in [4.78, 5) is 16.8. The van der Waals surface area contributed by atoms with E-state index in [1.54, 1.807) is 12.3 Å². The number of sulfonamides is 1. The van der Waals surface area contributed by atoms with E-state index in [1.165, 1.54) is 16.6 Å². The fourth-order valence-corrected chi connectivity index (χ4v) is 5.19. The Morgan fingerprint density at radius 2 is 1.90 bits per heavy atom. The van der Waals surface area contributed by atoms with Crippen molar-refractivity contribution in [3.05, 3.63) is 48.3 Å². The van der Waals surface area contributed by atoms with E-state index in [2.05, 4.69) is 10.3 Å². The molecule has 160 valence electrons. The van der Waals surface area contributed by atoms with E-state index in [0.717, 1.165) is 5.56 Å². The Balaban J connectivity index is 1.34. The zero-order valence-corrected chi connectivity index (χ0v) is 17.6. The number of aromatic nitrogens is 1. The number of nitrogens with one attached hydrogen (secondary N) is 1. The van der Waals surface area contributed by atoms with Crippen molar-refractivity contribution in [1.29, 1.82) is 0 Å². The van der Waals surface area contributed by atoms with Crippen LogP contribution in [0, 0.1) is 5.92 Å². The molecule has 0 spiro atoms. The second-order valence-corrected chi connectivity index (χ2v) is 9.44. The number of amides is 1. The lowest BCUT2D eigenvalue weighted by Gasteiger charge is -2.31. The lowest BCUT2D eigenvalue weighted by Crippen LogP contribution is -2.43. The van der Waals surface area contributed by atoms with Crippen molar-refractivity contribution >= 4 is 15.9 Å². The highest BCUT2D eigenvalue weighted by molar-refractivity contribution is 7.89. The third-order valence-corrected chi connectivity index (χ3v) is 7.40. The van der Waals surface area contributed by atoms with Gasteiger partial charge in [0.1, 0.15) is 18.1 Å². The maximum atomic E-state index is 12.8. The molecule has 2 aliphatic heterocycles. The van der Waals surface area contributed by atoms with Gasteiger partial charge >= 0.3 is 0 Å². The molecule has 1 saturated heterocycles. The van der Waals surface area contributed by atoms with Crippen molar-refractivity contribution in [3.8, 4) is 11.5 Å². The predicted octanol–water partition coefficient (Wildman–Crippen LogP) is 2.13. The second-order valence-electron chi connectivity index (χ2n) is 7.50. The zero-order valence-electron chi connectivity index (χ0n) is 16.8. The van der Waals surface area contributed by atoms with Crippen LogP contribution < -0.4 is 14.8 Å². The number of piperidine rings is 1. The quantitative estimate of drug-likeness (QED) is 0.779. The normalized spacial score (nSPS) is 18.6. The number of fused-ring (bicyclic) bond motifs is 1. The van der Waals surface area contributed by atoms with Gasteiger partial charge in [0, 0.05) is 31.4 Å². The lowest BCUT2D eigenvalue weighted by atomic mass is 9.96. The third kappa shape index (κ3) is 4.27. The molecule has 1 fully saturated rings. The minimum Gasteiger partial charge on any atom is -0.486 e. The first kappa shape index (κ1) is 20.6. The molecular formula is C21H25N3O5S. The van der Waals surface area contributed by atoms with Gasteiger partial charge < -0.3 is 14.8 Å². The number of hydrogen-bond donors (Lipinski definition) is 1. The van der Waals surface area contributed by atoms with Crippen LogP contribution in [-0.4, -0.2) is 49.9 Å². The van der Waals surface area contributed by atoms with Gasteiger partial charge in [0.2, 0.25) is 15.9 Å². The van der Waals surface area contributed by atoms with Gasteiger partial charge in [0.05, 0.1) is 6.04 Å². The van der Waals surface area contributed by atoms with Gasteiger partial charge in [-0.05, 0) is 49.6 Å². The highest BCUT2D eigenvalue weighted by Gasteiger charge is 2.32. The van der Waals surface area contributed by atoms with Crippen LogP contribution in [0.15, 0.2) is 47.6 Å². The zero-order chi connectivity index (χ0) is 21.1. The van der Waals surface area contributed by atoms with E-state index in [4.69, 9.17) is 9.47 Å². The Morgan fingerprint density at radius 3 is 2.60 bits per heavy atom. The average Bonchev–Trinajstić information content (AvgIpc) is 2.79. The smallest absolute Gasteiger partial charge is 0.244 e. The monoisotopic (exact) mass is 431 g/mol. The molecule has 0 aliphatic carbocycles. The molecule has 1 unspecified atom stereocenters. The Labute approximate surface area is 176 Å². The summed E-state index contributed by atoms with van der Waals surface area (Å²) in [5, 5.41) is 3.04. The van der Waals surface area contributed by atoms with E-state index in [0.29, 0.717) is 50.6 Å². The number of carbonyl (C=O) groups excluding carboxylic acids is 1. The summed E-state index contributed by atoms with van der Waals surface area (Å²) in [6.07, 6.45) is 3.86. The lowest BCUT2D eigenvalue weighted by molar-refractivity contribution is -0.126. The molecular weight excluding hydrogens is 406 g/mol. The topological polar surface area (TPSA) is 97.8 Å². The van der Waals surface area contributed by atoms with Gasteiger partial charge in [0.25, 0.3) is 0 Å². The molecule has 1 N–H and O–H groups in total.